The van der Waals surface area contributed by atoms with Crippen LogP contribution < -0.4 is 5.73 Å². The Hall–Kier alpha value is -1.75. The van der Waals surface area contributed by atoms with Crippen LogP contribution in [-0.2, 0) is 4.79 Å². The molecule has 0 bridgehead atoms. The van der Waals surface area contributed by atoms with Gasteiger partial charge in [0.05, 0.1) is 0 Å². The number of H-pyrrole nitrogens is 1. The van der Waals surface area contributed by atoms with Gasteiger partial charge in [-0.25, -0.2) is 4.98 Å². The number of amides is 1. The molecule has 0 aliphatic carbocycles. The standard InChI is InChI=1S/C11H11N3OS/c12-10(15)9(8-4-2-1-3-5-8)16-11-13-6-7-14-11/h1-7,9H,(H2,12,15)(H,13,14)/t9-/m0/s1. The van der Waals surface area contributed by atoms with Crippen LogP contribution in [0.25, 0.3) is 0 Å². The average Bonchev–Trinajstić information content (AvgIpc) is 2.79. The number of nitrogens with zero attached hydrogens (tertiary/aromatic N) is 1. The number of nitrogens with two attached hydrogens (primary N) is 1. The molecule has 0 fully saturated rings. The van der Waals surface area contributed by atoms with Gasteiger partial charge in [-0.1, -0.05) is 42.1 Å². The van der Waals surface area contributed by atoms with E-state index in [2.05, 4.69) is 9.97 Å². The van der Waals surface area contributed by atoms with E-state index in [-0.39, 0.29) is 5.91 Å². The van der Waals surface area contributed by atoms with Crippen LogP contribution >= 0.6 is 11.8 Å². The van der Waals surface area contributed by atoms with Crippen LogP contribution in [0.1, 0.15) is 10.8 Å². The normalized spacial score (nSPS) is 12.2. The molecule has 0 unspecified atom stereocenters. The number of benzene rings is 1. The first-order valence-corrected chi connectivity index (χ1v) is 5.65. The minimum Gasteiger partial charge on any atom is -0.368 e. The van der Waals surface area contributed by atoms with Crippen molar-refractivity contribution >= 4 is 17.7 Å². The summed E-state index contributed by atoms with van der Waals surface area (Å²) in [4.78, 5) is 18.4. The highest BCUT2D eigenvalue weighted by Gasteiger charge is 2.19. The van der Waals surface area contributed by atoms with Crippen LogP contribution in [-0.4, -0.2) is 15.9 Å². The molecule has 3 N–H and O–H groups in total. The lowest BCUT2D eigenvalue weighted by Gasteiger charge is -2.11. The van der Waals surface area contributed by atoms with Crippen molar-refractivity contribution in [1.82, 2.24) is 9.97 Å². The van der Waals surface area contributed by atoms with Gasteiger partial charge < -0.3 is 10.7 Å². The Balaban J connectivity index is 2.22. The molecule has 1 aromatic heterocycles. The maximum absolute atomic E-state index is 11.4. The topological polar surface area (TPSA) is 71.8 Å². The molecule has 2 aromatic rings. The van der Waals surface area contributed by atoms with Crippen molar-refractivity contribution < 1.29 is 4.79 Å². The van der Waals surface area contributed by atoms with Gasteiger partial charge in [-0.15, -0.1) is 0 Å². The SMILES string of the molecule is NC(=O)[C@@H](Sc1ncc[nH]1)c1ccccc1. The summed E-state index contributed by atoms with van der Waals surface area (Å²) < 4.78 is 0. The predicted octanol–water partition coefficient (Wildman–Crippen LogP) is 1.73. The molecule has 0 saturated heterocycles. The van der Waals surface area contributed by atoms with Gasteiger partial charge in [-0.2, -0.15) is 0 Å². The van der Waals surface area contributed by atoms with Crippen LogP contribution in [0, 0.1) is 0 Å². The molecule has 4 nitrogen and oxygen atoms in total. The molecule has 0 radical (unpaired) electrons. The molecular weight excluding hydrogens is 222 g/mol. The smallest absolute Gasteiger partial charge is 0.235 e. The molecule has 1 aromatic carbocycles. The molecule has 82 valence electrons. The second-order valence-electron chi connectivity index (χ2n) is 3.21. The highest BCUT2D eigenvalue weighted by molar-refractivity contribution is 8.00. The summed E-state index contributed by atoms with van der Waals surface area (Å²) in [6, 6.07) is 9.43. The van der Waals surface area contributed by atoms with E-state index in [1.165, 1.54) is 11.8 Å². The second-order valence-corrected chi connectivity index (χ2v) is 4.30. The molecule has 16 heavy (non-hydrogen) atoms. The molecular formula is C11H11N3OS. The summed E-state index contributed by atoms with van der Waals surface area (Å²) in [6.07, 6.45) is 3.36. The minimum absolute atomic E-state index is 0.368. The van der Waals surface area contributed by atoms with Gasteiger partial charge in [-0.3, -0.25) is 4.79 Å². The lowest BCUT2D eigenvalue weighted by molar-refractivity contribution is -0.117. The lowest BCUT2D eigenvalue weighted by Crippen LogP contribution is -2.18. The van der Waals surface area contributed by atoms with Crippen LogP contribution in [0.5, 0.6) is 0 Å². The van der Waals surface area contributed by atoms with E-state index in [4.69, 9.17) is 5.73 Å². The number of aromatic nitrogens is 2. The zero-order valence-corrected chi connectivity index (χ0v) is 9.28. The fourth-order valence-corrected chi connectivity index (χ4v) is 2.24. The summed E-state index contributed by atoms with van der Waals surface area (Å²) in [6.45, 7) is 0. The number of rotatable bonds is 4. The number of aromatic amines is 1. The average molecular weight is 233 g/mol. The lowest BCUT2D eigenvalue weighted by atomic mass is 10.1. The molecule has 0 aliphatic rings. The van der Waals surface area contributed by atoms with Crippen molar-refractivity contribution in [2.24, 2.45) is 5.73 Å². The summed E-state index contributed by atoms with van der Waals surface area (Å²) in [5.74, 6) is -0.368. The zero-order valence-electron chi connectivity index (χ0n) is 8.46. The quantitative estimate of drug-likeness (QED) is 0.790. The van der Waals surface area contributed by atoms with Crippen molar-refractivity contribution in [3.05, 3.63) is 48.3 Å². The van der Waals surface area contributed by atoms with Crippen molar-refractivity contribution in [2.45, 2.75) is 10.4 Å². The maximum atomic E-state index is 11.4. The number of hydrogen-bond donors (Lipinski definition) is 2. The molecule has 0 spiro atoms. The largest absolute Gasteiger partial charge is 0.368 e. The number of nitrogens with one attached hydrogen (secondary N) is 1. The first-order valence-electron chi connectivity index (χ1n) is 4.77. The molecule has 0 aliphatic heterocycles. The number of carbonyl (C=O) groups is 1. The number of hydrogen-bond acceptors (Lipinski definition) is 3. The Morgan fingerprint density at radius 1 is 1.38 bits per heavy atom. The molecule has 5 heteroatoms. The van der Waals surface area contributed by atoms with Gasteiger partial charge in [0.1, 0.15) is 5.25 Å². The predicted molar refractivity (Wildman–Crippen MR) is 62.8 cm³/mol. The summed E-state index contributed by atoms with van der Waals surface area (Å²) in [5.41, 5.74) is 6.27. The van der Waals surface area contributed by atoms with E-state index in [1.807, 2.05) is 30.3 Å². The van der Waals surface area contributed by atoms with Crippen molar-refractivity contribution in [3.8, 4) is 0 Å². The Labute approximate surface area is 97.3 Å². The van der Waals surface area contributed by atoms with E-state index >= 15 is 0 Å². The highest BCUT2D eigenvalue weighted by Crippen LogP contribution is 2.32. The second kappa shape index (κ2) is 4.85. The zero-order chi connectivity index (χ0) is 11.4. The van der Waals surface area contributed by atoms with E-state index in [1.54, 1.807) is 12.4 Å². The third-order valence-corrected chi connectivity index (χ3v) is 3.25. The summed E-state index contributed by atoms with van der Waals surface area (Å²) in [5, 5.41) is 0.278. The van der Waals surface area contributed by atoms with Gasteiger partial charge >= 0.3 is 0 Å². The van der Waals surface area contributed by atoms with Crippen LogP contribution in [0.2, 0.25) is 0 Å². The molecule has 1 atom stereocenters. The van der Waals surface area contributed by atoms with E-state index in [0.717, 1.165) is 5.56 Å². The Kier molecular flexibility index (Phi) is 3.26. The Bertz CT molecular complexity index is 455. The van der Waals surface area contributed by atoms with Crippen LogP contribution in [0.15, 0.2) is 47.9 Å². The van der Waals surface area contributed by atoms with Crippen molar-refractivity contribution in [3.63, 3.8) is 0 Å². The number of imidazole rings is 1. The van der Waals surface area contributed by atoms with Gasteiger partial charge in [0.15, 0.2) is 5.16 Å². The maximum Gasteiger partial charge on any atom is 0.235 e. The Morgan fingerprint density at radius 3 is 2.69 bits per heavy atom. The third kappa shape index (κ3) is 2.43. The third-order valence-electron chi connectivity index (χ3n) is 2.06. The first-order chi connectivity index (χ1) is 7.77. The van der Waals surface area contributed by atoms with Gasteiger partial charge in [-0.05, 0) is 5.56 Å². The van der Waals surface area contributed by atoms with Crippen molar-refractivity contribution in [1.29, 1.82) is 0 Å². The van der Waals surface area contributed by atoms with Gasteiger partial charge in [0.25, 0.3) is 0 Å². The molecule has 2 rings (SSSR count). The fraction of sp³-hybridized carbons (Fsp3) is 0.0909. The minimum atomic E-state index is -0.410. The number of carbonyl (C=O) groups excluding carboxylic acids is 1. The van der Waals surface area contributed by atoms with E-state index in [9.17, 15) is 4.79 Å². The van der Waals surface area contributed by atoms with E-state index < -0.39 is 5.25 Å². The number of thioether (sulfide) groups is 1. The highest BCUT2D eigenvalue weighted by atomic mass is 32.2. The van der Waals surface area contributed by atoms with Gasteiger partial charge in [0.2, 0.25) is 5.91 Å². The molecule has 1 amide bonds. The first kappa shape index (κ1) is 10.8. The number of primary amides is 1. The molecule has 1 heterocycles. The molecule has 0 saturated carbocycles. The summed E-state index contributed by atoms with van der Waals surface area (Å²) in [7, 11) is 0. The van der Waals surface area contributed by atoms with E-state index in [0.29, 0.717) is 5.16 Å². The monoisotopic (exact) mass is 233 g/mol. The summed E-state index contributed by atoms with van der Waals surface area (Å²) >= 11 is 1.32. The van der Waals surface area contributed by atoms with Crippen LogP contribution in [0.3, 0.4) is 0 Å². The Morgan fingerprint density at radius 2 is 2.12 bits per heavy atom. The van der Waals surface area contributed by atoms with Crippen LogP contribution in [0.4, 0.5) is 0 Å². The van der Waals surface area contributed by atoms with Crippen molar-refractivity contribution in [2.75, 3.05) is 0 Å². The van der Waals surface area contributed by atoms with Gasteiger partial charge in [0, 0.05) is 12.4 Å². The fourth-order valence-electron chi connectivity index (χ4n) is 1.35.